The number of nitrogens with one attached hydrogen (secondary N) is 1. The van der Waals surface area contributed by atoms with Crippen LogP contribution in [-0.2, 0) is 14.9 Å². The molecule has 0 saturated heterocycles. The minimum absolute atomic E-state index is 0.0911. The number of anilines is 1. The summed E-state index contributed by atoms with van der Waals surface area (Å²) in [7, 11) is 0. The van der Waals surface area contributed by atoms with Crippen molar-refractivity contribution in [3.05, 3.63) is 45.8 Å². The third-order valence-electron chi connectivity index (χ3n) is 4.17. The third-order valence-corrected chi connectivity index (χ3v) is 5.29. The molecule has 1 aromatic heterocycles. The first-order valence-corrected chi connectivity index (χ1v) is 9.76. The van der Waals surface area contributed by atoms with Gasteiger partial charge >= 0.3 is 5.97 Å². The first-order valence-electron chi connectivity index (χ1n) is 8.94. The number of rotatable bonds is 6. The number of esters is 1. The van der Waals surface area contributed by atoms with Crippen molar-refractivity contribution in [3.8, 4) is 5.75 Å². The fourth-order valence-electron chi connectivity index (χ4n) is 2.68. The number of carbonyl (C=O) groups is 2. The number of amides is 1. The van der Waals surface area contributed by atoms with E-state index in [1.165, 1.54) is 11.3 Å². The van der Waals surface area contributed by atoms with E-state index in [1.807, 2.05) is 38.1 Å². The van der Waals surface area contributed by atoms with Crippen LogP contribution in [0.25, 0.3) is 0 Å². The summed E-state index contributed by atoms with van der Waals surface area (Å²) in [6.45, 7) is 12.0. The van der Waals surface area contributed by atoms with Gasteiger partial charge in [0.25, 0.3) is 5.91 Å². The Kier molecular flexibility index (Phi) is 6.65. The van der Waals surface area contributed by atoms with Crippen LogP contribution in [-0.4, -0.2) is 25.1 Å². The van der Waals surface area contributed by atoms with Gasteiger partial charge in [0.15, 0.2) is 6.61 Å². The second kappa shape index (κ2) is 8.57. The summed E-state index contributed by atoms with van der Waals surface area (Å²) in [5.74, 6) is -0.0523. The molecule has 146 valence electrons. The molecule has 27 heavy (non-hydrogen) atoms. The first kappa shape index (κ1) is 21.0. The summed E-state index contributed by atoms with van der Waals surface area (Å²) >= 11 is 1.36. The van der Waals surface area contributed by atoms with Gasteiger partial charge in [-0.05, 0) is 43.4 Å². The number of aryl methyl sites for hydroxylation is 1. The summed E-state index contributed by atoms with van der Waals surface area (Å²) < 4.78 is 10.9. The van der Waals surface area contributed by atoms with Crippen LogP contribution < -0.4 is 10.1 Å². The molecule has 0 saturated carbocycles. The van der Waals surface area contributed by atoms with Crippen molar-refractivity contribution in [1.82, 2.24) is 0 Å². The summed E-state index contributed by atoms with van der Waals surface area (Å²) in [4.78, 5) is 25.6. The SMILES string of the molecule is CCOC(=O)c1c(NC(=O)COc2ccccc2C(C)(C)C)sc(C)c1C. The molecular formula is C21H27NO4S. The summed E-state index contributed by atoms with van der Waals surface area (Å²) in [6, 6.07) is 7.69. The van der Waals surface area contributed by atoms with Gasteiger partial charge < -0.3 is 14.8 Å². The smallest absolute Gasteiger partial charge is 0.341 e. The van der Waals surface area contributed by atoms with E-state index < -0.39 is 5.97 Å². The largest absolute Gasteiger partial charge is 0.483 e. The second-order valence-corrected chi connectivity index (χ2v) is 8.52. The molecule has 0 aliphatic heterocycles. The number of carbonyl (C=O) groups excluding carboxylic acids is 2. The normalized spacial score (nSPS) is 11.2. The zero-order chi connectivity index (χ0) is 20.2. The molecule has 6 heteroatoms. The van der Waals surface area contributed by atoms with Crippen molar-refractivity contribution in [3.63, 3.8) is 0 Å². The van der Waals surface area contributed by atoms with Crippen LogP contribution in [0.15, 0.2) is 24.3 Å². The molecule has 1 N–H and O–H groups in total. The van der Waals surface area contributed by atoms with Gasteiger partial charge in [-0.2, -0.15) is 0 Å². The van der Waals surface area contributed by atoms with Crippen molar-refractivity contribution >= 4 is 28.2 Å². The van der Waals surface area contributed by atoms with E-state index in [9.17, 15) is 9.59 Å². The summed E-state index contributed by atoms with van der Waals surface area (Å²) in [6.07, 6.45) is 0. The quantitative estimate of drug-likeness (QED) is 0.717. The van der Waals surface area contributed by atoms with Crippen LogP contribution in [0.5, 0.6) is 5.75 Å². The highest BCUT2D eigenvalue weighted by Crippen LogP contribution is 2.33. The van der Waals surface area contributed by atoms with Crippen molar-refractivity contribution in [1.29, 1.82) is 0 Å². The molecule has 0 aliphatic rings. The molecule has 1 heterocycles. The van der Waals surface area contributed by atoms with E-state index >= 15 is 0 Å². The fourth-order valence-corrected chi connectivity index (χ4v) is 3.75. The maximum Gasteiger partial charge on any atom is 0.341 e. The first-order chi connectivity index (χ1) is 12.6. The van der Waals surface area contributed by atoms with Gasteiger partial charge in [0.05, 0.1) is 12.2 Å². The van der Waals surface area contributed by atoms with Gasteiger partial charge in [-0.25, -0.2) is 4.79 Å². The topological polar surface area (TPSA) is 64.6 Å². The van der Waals surface area contributed by atoms with Gasteiger partial charge in [-0.3, -0.25) is 4.79 Å². The average Bonchev–Trinajstić information content (AvgIpc) is 2.86. The molecule has 0 unspecified atom stereocenters. The molecule has 0 bridgehead atoms. The Morgan fingerprint density at radius 2 is 1.81 bits per heavy atom. The minimum atomic E-state index is -0.423. The van der Waals surface area contributed by atoms with Crippen LogP contribution in [0, 0.1) is 13.8 Å². The molecule has 1 aromatic carbocycles. The van der Waals surface area contributed by atoms with Gasteiger partial charge in [-0.15, -0.1) is 11.3 Å². The van der Waals surface area contributed by atoms with Crippen molar-refractivity contribution in [2.75, 3.05) is 18.5 Å². The Hall–Kier alpha value is -2.34. The second-order valence-electron chi connectivity index (χ2n) is 7.29. The molecule has 2 aromatic rings. The molecule has 1 amide bonds. The molecule has 2 rings (SSSR count). The van der Waals surface area contributed by atoms with Gasteiger partial charge in [0.1, 0.15) is 10.8 Å². The molecule has 0 aliphatic carbocycles. The summed E-state index contributed by atoms with van der Waals surface area (Å²) in [5.41, 5.74) is 2.19. The van der Waals surface area contributed by atoms with E-state index in [1.54, 1.807) is 6.92 Å². The number of hydrogen-bond acceptors (Lipinski definition) is 5. The van der Waals surface area contributed by atoms with Crippen LogP contribution >= 0.6 is 11.3 Å². The Morgan fingerprint density at radius 3 is 2.44 bits per heavy atom. The van der Waals surface area contributed by atoms with Crippen molar-refractivity contribution < 1.29 is 19.1 Å². The van der Waals surface area contributed by atoms with E-state index in [4.69, 9.17) is 9.47 Å². The lowest BCUT2D eigenvalue weighted by Crippen LogP contribution is -2.22. The van der Waals surface area contributed by atoms with Crippen LogP contribution in [0.4, 0.5) is 5.00 Å². The standard InChI is InChI=1S/C21H27NO4S/c1-7-25-20(24)18-13(2)14(3)27-19(18)22-17(23)12-26-16-11-9-8-10-15(16)21(4,5)6/h8-11H,7,12H2,1-6H3,(H,22,23). The average molecular weight is 390 g/mol. The summed E-state index contributed by atoms with van der Waals surface area (Å²) in [5, 5.41) is 3.29. The molecular weight excluding hydrogens is 362 g/mol. The highest BCUT2D eigenvalue weighted by atomic mass is 32.1. The monoisotopic (exact) mass is 389 g/mol. The minimum Gasteiger partial charge on any atom is -0.483 e. The molecule has 0 fully saturated rings. The molecule has 0 spiro atoms. The molecule has 5 nitrogen and oxygen atoms in total. The zero-order valence-electron chi connectivity index (χ0n) is 16.8. The lowest BCUT2D eigenvalue weighted by Gasteiger charge is -2.22. The van der Waals surface area contributed by atoms with E-state index in [0.717, 1.165) is 16.0 Å². The Balaban J connectivity index is 2.12. The van der Waals surface area contributed by atoms with Crippen molar-refractivity contribution in [2.24, 2.45) is 0 Å². The van der Waals surface area contributed by atoms with E-state index in [-0.39, 0.29) is 24.5 Å². The van der Waals surface area contributed by atoms with Crippen LogP contribution in [0.3, 0.4) is 0 Å². The predicted molar refractivity (Wildman–Crippen MR) is 109 cm³/mol. The zero-order valence-corrected chi connectivity index (χ0v) is 17.6. The third kappa shape index (κ3) is 5.10. The highest BCUT2D eigenvalue weighted by Gasteiger charge is 2.23. The van der Waals surface area contributed by atoms with Crippen LogP contribution in [0.2, 0.25) is 0 Å². The lowest BCUT2D eigenvalue weighted by molar-refractivity contribution is -0.118. The Bertz CT molecular complexity index is 833. The van der Waals surface area contributed by atoms with E-state index in [2.05, 4.69) is 26.1 Å². The van der Waals surface area contributed by atoms with Crippen LogP contribution in [0.1, 0.15) is 54.1 Å². The van der Waals surface area contributed by atoms with E-state index in [0.29, 0.717) is 16.3 Å². The van der Waals surface area contributed by atoms with Gasteiger partial charge in [0, 0.05) is 4.88 Å². The number of para-hydroxylation sites is 1. The lowest BCUT2D eigenvalue weighted by atomic mass is 9.86. The predicted octanol–water partition coefficient (Wildman–Crippen LogP) is 4.86. The van der Waals surface area contributed by atoms with Gasteiger partial charge in [-0.1, -0.05) is 39.0 Å². The number of ether oxygens (including phenoxy) is 2. The number of thiophene rings is 1. The molecule has 0 radical (unpaired) electrons. The van der Waals surface area contributed by atoms with Gasteiger partial charge in [0.2, 0.25) is 0 Å². The Morgan fingerprint density at radius 1 is 1.15 bits per heavy atom. The molecule has 0 atom stereocenters. The maximum absolute atomic E-state index is 12.4. The Labute approximate surface area is 164 Å². The number of hydrogen-bond donors (Lipinski definition) is 1. The van der Waals surface area contributed by atoms with Crippen molar-refractivity contribution in [2.45, 2.75) is 47.0 Å². The maximum atomic E-state index is 12.4. The number of benzene rings is 1. The highest BCUT2D eigenvalue weighted by molar-refractivity contribution is 7.16. The fraction of sp³-hybridized carbons (Fsp3) is 0.429.